The summed E-state index contributed by atoms with van der Waals surface area (Å²) in [5.41, 5.74) is -0.0254. The van der Waals surface area contributed by atoms with E-state index in [0.717, 1.165) is 12.1 Å². The molecule has 98 valence electrons. The molecule has 0 bridgehead atoms. The van der Waals surface area contributed by atoms with Crippen LogP contribution in [0.3, 0.4) is 0 Å². The van der Waals surface area contributed by atoms with Gasteiger partial charge in [0.2, 0.25) is 0 Å². The van der Waals surface area contributed by atoms with E-state index in [1.807, 2.05) is 0 Å². The third-order valence-electron chi connectivity index (χ3n) is 2.61. The number of para-hydroxylation sites is 2. The summed E-state index contributed by atoms with van der Waals surface area (Å²) in [4.78, 5) is 10.3. The number of benzene rings is 2. The van der Waals surface area contributed by atoms with E-state index in [1.165, 1.54) is 24.3 Å². The summed E-state index contributed by atoms with van der Waals surface area (Å²) in [6, 6.07) is 9.52. The van der Waals surface area contributed by atoms with Crippen molar-refractivity contribution in [1.82, 2.24) is 0 Å². The second-order valence-corrected chi connectivity index (χ2v) is 3.84. The van der Waals surface area contributed by atoms with Crippen LogP contribution in [-0.2, 0) is 6.54 Å². The minimum atomic E-state index is -0.737. The molecule has 2 aromatic carbocycles. The van der Waals surface area contributed by atoms with Gasteiger partial charge >= 0.3 is 0 Å². The maximum Gasteiger partial charge on any atom is 0.274 e. The largest absolute Gasteiger partial charge is 0.376 e. The van der Waals surface area contributed by atoms with E-state index in [-0.39, 0.29) is 17.9 Å². The van der Waals surface area contributed by atoms with Gasteiger partial charge in [-0.15, -0.1) is 0 Å². The summed E-state index contributed by atoms with van der Waals surface area (Å²) in [6.45, 7) is -0.0327. The molecule has 0 aromatic heterocycles. The molecule has 0 aliphatic rings. The fraction of sp³-hybridized carbons (Fsp3) is 0.0769. The van der Waals surface area contributed by atoms with E-state index in [9.17, 15) is 18.9 Å². The summed E-state index contributed by atoms with van der Waals surface area (Å²) in [7, 11) is 0. The SMILES string of the molecule is O=[N+]([O-])c1ccccc1CNc1c(F)cccc1F. The topological polar surface area (TPSA) is 55.2 Å². The van der Waals surface area contributed by atoms with Crippen molar-refractivity contribution in [2.24, 2.45) is 0 Å². The number of hydrogen-bond donors (Lipinski definition) is 1. The fourth-order valence-electron chi connectivity index (χ4n) is 1.69. The fourth-order valence-corrected chi connectivity index (χ4v) is 1.69. The van der Waals surface area contributed by atoms with Crippen molar-refractivity contribution in [3.8, 4) is 0 Å². The van der Waals surface area contributed by atoms with Crippen molar-refractivity contribution in [3.63, 3.8) is 0 Å². The second kappa shape index (κ2) is 5.43. The highest BCUT2D eigenvalue weighted by Crippen LogP contribution is 2.22. The molecule has 0 saturated carbocycles. The molecule has 0 atom stereocenters. The minimum Gasteiger partial charge on any atom is -0.376 e. The van der Waals surface area contributed by atoms with Crippen LogP contribution in [0.4, 0.5) is 20.2 Å². The standard InChI is InChI=1S/C13H10F2N2O2/c14-10-5-3-6-11(15)13(10)16-8-9-4-1-2-7-12(9)17(18)19/h1-7,16H,8H2. The minimum absolute atomic E-state index is 0.0327. The molecule has 4 nitrogen and oxygen atoms in total. The van der Waals surface area contributed by atoms with Gasteiger partial charge in [-0.2, -0.15) is 0 Å². The van der Waals surface area contributed by atoms with Gasteiger partial charge in [-0.25, -0.2) is 8.78 Å². The Labute approximate surface area is 107 Å². The zero-order valence-corrected chi connectivity index (χ0v) is 9.77. The molecule has 0 amide bonds. The molecule has 0 unspecified atom stereocenters. The third kappa shape index (κ3) is 2.85. The molecule has 0 spiro atoms. The van der Waals surface area contributed by atoms with E-state index in [1.54, 1.807) is 6.07 Å². The van der Waals surface area contributed by atoms with Crippen molar-refractivity contribution in [2.75, 3.05) is 5.32 Å². The lowest BCUT2D eigenvalue weighted by atomic mass is 10.1. The number of halogens is 2. The Kier molecular flexibility index (Phi) is 3.70. The summed E-state index contributed by atoms with van der Waals surface area (Å²) >= 11 is 0. The highest BCUT2D eigenvalue weighted by Gasteiger charge is 2.13. The van der Waals surface area contributed by atoms with Crippen molar-refractivity contribution in [1.29, 1.82) is 0 Å². The molecule has 0 saturated heterocycles. The second-order valence-electron chi connectivity index (χ2n) is 3.84. The smallest absolute Gasteiger partial charge is 0.274 e. The number of nitrogens with one attached hydrogen (secondary N) is 1. The quantitative estimate of drug-likeness (QED) is 0.679. The van der Waals surface area contributed by atoms with Crippen LogP contribution in [0.2, 0.25) is 0 Å². The first-order valence-corrected chi connectivity index (χ1v) is 5.50. The highest BCUT2D eigenvalue weighted by atomic mass is 19.1. The normalized spacial score (nSPS) is 10.2. The molecule has 19 heavy (non-hydrogen) atoms. The third-order valence-corrected chi connectivity index (χ3v) is 2.61. The van der Waals surface area contributed by atoms with E-state index in [2.05, 4.69) is 5.32 Å². The summed E-state index contributed by atoms with van der Waals surface area (Å²) in [6.07, 6.45) is 0. The van der Waals surface area contributed by atoms with Gasteiger partial charge < -0.3 is 5.32 Å². The van der Waals surface area contributed by atoms with Gasteiger partial charge in [0.1, 0.15) is 17.3 Å². The van der Waals surface area contributed by atoms with Crippen LogP contribution < -0.4 is 5.32 Å². The number of hydrogen-bond acceptors (Lipinski definition) is 3. The Balaban J connectivity index is 2.22. The molecule has 0 aliphatic heterocycles. The Hall–Kier alpha value is -2.50. The van der Waals surface area contributed by atoms with Crippen LogP contribution in [-0.4, -0.2) is 4.92 Å². The van der Waals surface area contributed by atoms with Gasteiger partial charge in [-0.3, -0.25) is 10.1 Å². The van der Waals surface area contributed by atoms with Crippen molar-refractivity contribution in [2.45, 2.75) is 6.54 Å². The lowest BCUT2D eigenvalue weighted by Crippen LogP contribution is -2.05. The number of nitrogens with zero attached hydrogens (tertiary/aromatic N) is 1. The summed E-state index contributed by atoms with van der Waals surface area (Å²) in [5, 5.41) is 13.3. The van der Waals surface area contributed by atoms with E-state index >= 15 is 0 Å². The zero-order valence-electron chi connectivity index (χ0n) is 9.77. The van der Waals surface area contributed by atoms with Crippen LogP contribution in [0.1, 0.15) is 5.56 Å². The lowest BCUT2D eigenvalue weighted by Gasteiger charge is -2.08. The number of nitro benzene ring substituents is 1. The van der Waals surface area contributed by atoms with Gasteiger partial charge in [0.25, 0.3) is 5.69 Å². The summed E-state index contributed by atoms with van der Waals surface area (Å²) < 4.78 is 26.8. The monoisotopic (exact) mass is 264 g/mol. The highest BCUT2D eigenvalue weighted by molar-refractivity contribution is 5.49. The first-order valence-electron chi connectivity index (χ1n) is 5.50. The summed E-state index contributed by atoms with van der Waals surface area (Å²) in [5.74, 6) is -1.47. The molecule has 0 aliphatic carbocycles. The average molecular weight is 264 g/mol. The number of nitro groups is 1. The number of rotatable bonds is 4. The molecule has 0 fully saturated rings. The molecular formula is C13H10F2N2O2. The molecule has 0 heterocycles. The van der Waals surface area contributed by atoms with Crippen LogP contribution in [0.5, 0.6) is 0 Å². The van der Waals surface area contributed by atoms with Gasteiger partial charge in [0.05, 0.1) is 4.92 Å². The molecule has 6 heteroatoms. The molecule has 2 aromatic rings. The number of anilines is 1. The van der Waals surface area contributed by atoms with E-state index in [4.69, 9.17) is 0 Å². The van der Waals surface area contributed by atoms with Crippen LogP contribution in [0.25, 0.3) is 0 Å². The van der Waals surface area contributed by atoms with Crippen molar-refractivity contribution < 1.29 is 13.7 Å². The molecular weight excluding hydrogens is 254 g/mol. The van der Waals surface area contributed by atoms with Crippen LogP contribution in [0, 0.1) is 21.7 Å². The maximum atomic E-state index is 13.4. The molecule has 1 N–H and O–H groups in total. The Morgan fingerprint density at radius 1 is 1.05 bits per heavy atom. The molecule has 2 rings (SSSR count). The van der Waals surface area contributed by atoms with Crippen molar-refractivity contribution in [3.05, 3.63) is 69.8 Å². The predicted octanol–water partition coefficient (Wildman–Crippen LogP) is 3.49. The Bertz CT molecular complexity index is 597. The van der Waals surface area contributed by atoms with Crippen LogP contribution >= 0.6 is 0 Å². The first kappa shape index (κ1) is 12.9. The predicted molar refractivity (Wildman–Crippen MR) is 66.8 cm³/mol. The zero-order chi connectivity index (χ0) is 13.8. The van der Waals surface area contributed by atoms with Gasteiger partial charge in [-0.1, -0.05) is 24.3 Å². The van der Waals surface area contributed by atoms with Gasteiger partial charge in [-0.05, 0) is 12.1 Å². The van der Waals surface area contributed by atoms with Crippen LogP contribution in [0.15, 0.2) is 42.5 Å². The Morgan fingerprint density at radius 3 is 2.32 bits per heavy atom. The van der Waals surface area contributed by atoms with E-state index < -0.39 is 16.6 Å². The Morgan fingerprint density at radius 2 is 1.68 bits per heavy atom. The average Bonchev–Trinajstić information content (AvgIpc) is 2.38. The van der Waals surface area contributed by atoms with Gasteiger partial charge in [0.15, 0.2) is 0 Å². The van der Waals surface area contributed by atoms with Crippen molar-refractivity contribution >= 4 is 11.4 Å². The first-order chi connectivity index (χ1) is 9.09. The van der Waals surface area contributed by atoms with Gasteiger partial charge in [0, 0.05) is 18.2 Å². The van der Waals surface area contributed by atoms with E-state index in [0.29, 0.717) is 5.56 Å². The maximum absolute atomic E-state index is 13.4. The molecule has 0 radical (unpaired) electrons. The lowest BCUT2D eigenvalue weighted by molar-refractivity contribution is -0.385.